The van der Waals surface area contributed by atoms with Gasteiger partial charge in [-0.1, -0.05) is 6.07 Å². The minimum Gasteiger partial charge on any atom is -0.496 e. The molecule has 3 N–H and O–H groups in total. The Kier molecular flexibility index (Phi) is 6.36. The standard InChI is InChI=1S/C21H24N4O4/c1-25-13-14(12-24-25)11-23-21(26)15-7-8-19(28-3)20(9-15)29-18-6-4-5-17(27-2)16(18)10-22/h4-9,12-13H,10-11,22H2,1-3H3,(H,23,26). The van der Waals surface area contributed by atoms with Gasteiger partial charge in [0, 0.05) is 37.5 Å². The molecule has 0 saturated carbocycles. The minimum atomic E-state index is -0.231. The largest absolute Gasteiger partial charge is 0.496 e. The number of aryl methyl sites for hydroxylation is 1. The molecule has 1 amide bonds. The number of nitrogens with two attached hydrogens (primary N) is 1. The van der Waals surface area contributed by atoms with Crippen LogP contribution in [0.3, 0.4) is 0 Å². The first-order valence-corrected chi connectivity index (χ1v) is 9.03. The number of ether oxygens (including phenoxy) is 3. The Balaban J connectivity index is 1.83. The van der Waals surface area contributed by atoms with Crippen molar-refractivity contribution >= 4 is 5.91 Å². The number of amides is 1. The van der Waals surface area contributed by atoms with E-state index in [4.69, 9.17) is 19.9 Å². The number of methoxy groups -OCH3 is 2. The molecule has 0 aliphatic rings. The fourth-order valence-electron chi connectivity index (χ4n) is 2.90. The molecule has 0 aliphatic carbocycles. The summed E-state index contributed by atoms with van der Waals surface area (Å²) in [6, 6.07) is 10.4. The number of hydrogen-bond donors (Lipinski definition) is 2. The summed E-state index contributed by atoms with van der Waals surface area (Å²) in [5.41, 5.74) is 7.95. The molecule has 2 aromatic carbocycles. The quantitative estimate of drug-likeness (QED) is 0.607. The number of nitrogens with one attached hydrogen (secondary N) is 1. The lowest BCUT2D eigenvalue weighted by atomic mass is 10.1. The molecule has 0 fully saturated rings. The normalized spacial score (nSPS) is 10.5. The Morgan fingerprint density at radius 2 is 1.86 bits per heavy atom. The molecule has 3 rings (SSSR count). The minimum absolute atomic E-state index is 0.231. The smallest absolute Gasteiger partial charge is 0.251 e. The highest BCUT2D eigenvalue weighted by Crippen LogP contribution is 2.36. The van der Waals surface area contributed by atoms with Crippen LogP contribution in [-0.4, -0.2) is 29.9 Å². The van der Waals surface area contributed by atoms with E-state index < -0.39 is 0 Å². The van der Waals surface area contributed by atoms with Crippen molar-refractivity contribution in [1.29, 1.82) is 0 Å². The molecule has 152 valence electrons. The van der Waals surface area contributed by atoms with Crippen LogP contribution < -0.4 is 25.3 Å². The van der Waals surface area contributed by atoms with Gasteiger partial charge >= 0.3 is 0 Å². The zero-order valence-corrected chi connectivity index (χ0v) is 16.6. The monoisotopic (exact) mass is 396 g/mol. The second kappa shape index (κ2) is 9.11. The molecule has 0 unspecified atom stereocenters. The number of benzene rings is 2. The lowest BCUT2D eigenvalue weighted by molar-refractivity contribution is 0.0950. The fraction of sp³-hybridized carbons (Fsp3) is 0.238. The van der Waals surface area contributed by atoms with E-state index >= 15 is 0 Å². The fourth-order valence-corrected chi connectivity index (χ4v) is 2.90. The third-order valence-corrected chi connectivity index (χ3v) is 4.37. The van der Waals surface area contributed by atoms with Crippen LogP contribution in [0.2, 0.25) is 0 Å². The van der Waals surface area contributed by atoms with Crippen molar-refractivity contribution in [2.75, 3.05) is 14.2 Å². The predicted molar refractivity (Wildman–Crippen MR) is 108 cm³/mol. The average molecular weight is 396 g/mol. The van der Waals surface area contributed by atoms with Crippen molar-refractivity contribution in [3.8, 4) is 23.0 Å². The summed E-state index contributed by atoms with van der Waals surface area (Å²) in [5.74, 6) is 1.85. The summed E-state index contributed by atoms with van der Waals surface area (Å²) in [5, 5.41) is 6.96. The Labute approximate surface area is 169 Å². The van der Waals surface area contributed by atoms with Crippen LogP contribution in [0, 0.1) is 0 Å². The van der Waals surface area contributed by atoms with Crippen molar-refractivity contribution in [3.05, 3.63) is 65.5 Å². The maximum atomic E-state index is 12.6. The lowest BCUT2D eigenvalue weighted by Gasteiger charge is -2.16. The number of carbonyl (C=O) groups excluding carboxylic acids is 1. The molecule has 0 bridgehead atoms. The van der Waals surface area contributed by atoms with Crippen LogP contribution in [0.15, 0.2) is 48.8 Å². The molecule has 0 saturated heterocycles. The molecular formula is C21H24N4O4. The number of hydrogen-bond acceptors (Lipinski definition) is 6. The van der Waals surface area contributed by atoms with Crippen LogP contribution in [0.4, 0.5) is 0 Å². The summed E-state index contributed by atoms with van der Waals surface area (Å²) < 4.78 is 18.5. The topological polar surface area (TPSA) is 101 Å². The van der Waals surface area contributed by atoms with E-state index in [-0.39, 0.29) is 12.5 Å². The van der Waals surface area contributed by atoms with E-state index in [0.717, 1.165) is 11.1 Å². The van der Waals surface area contributed by atoms with Gasteiger partial charge in [-0.3, -0.25) is 9.48 Å². The van der Waals surface area contributed by atoms with Gasteiger partial charge in [0.1, 0.15) is 11.5 Å². The second-order valence-corrected chi connectivity index (χ2v) is 6.31. The number of nitrogens with zero attached hydrogens (tertiary/aromatic N) is 2. The van der Waals surface area contributed by atoms with Gasteiger partial charge in [-0.15, -0.1) is 0 Å². The first kappa shape index (κ1) is 20.2. The van der Waals surface area contributed by atoms with E-state index in [1.165, 1.54) is 0 Å². The van der Waals surface area contributed by atoms with Crippen LogP contribution in [-0.2, 0) is 20.1 Å². The lowest BCUT2D eigenvalue weighted by Crippen LogP contribution is -2.22. The summed E-state index contributed by atoms with van der Waals surface area (Å²) in [4.78, 5) is 12.6. The number of rotatable bonds is 8. The van der Waals surface area contributed by atoms with Crippen molar-refractivity contribution in [2.24, 2.45) is 12.8 Å². The number of carbonyl (C=O) groups is 1. The first-order valence-electron chi connectivity index (χ1n) is 9.03. The predicted octanol–water partition coefficient (Wildman–Crippen LogP) is 2.62. The van der Waals surface area contributed by atoms with Crippen LogP contribution in [0.5, 0.6) is 23.0 Å². The molecule has 0 radical (unpaired) electrons. The van der Waals surface area contributed by atoms with Crippen molar-refractivity contribution in [3.63, 3.8) is 0 Å². The van der Waals surface area contributed by atoms with E-state index in [2.05, 4.69) is 10.4 Å². The van der Waals surface area contributed by atoms with Gasteiger partial charge in [0.2, 0.25) is 0 Å². The molecule has 8 nitrogen and oxygen atoms in total. The van der Waals surface area contributed by atoms with Gasteiger partial charge in [-0.25, -0.2) is 0 Å². The molecule has 29 heavy (non-hydrogen) atoms. The Hall–Kier alpha value is -3.52. The molecule has 1 aromatic heterocycles. The highest BCUT2D eigenvalue weighted by molar-refractivity contribution is 5.94. The maximum absolute atomic E-state index is 12.6. The Bertz CT molecular complexity index is 1000. The third-order valence-electron chi connectivity index (χ3n) is 4.37. The Morgan fingerprint density at radius 1 is 1.10 bits per heavy atom. The highest BCUT2D eigenvalue weighted by atomic mass is 16.5. The molecule has 3 aromatic rings. The van der Waals surface area contributed by atoms with E-state index in [0.29, 0.717) is 35.1 Å². The van der Waals surface area contributed by atoms with Crippen LogP contribution >= 0.6 is 0 Å². The zero-order valence-electron chi connectivity index (χ0n) is 16.6. The van der Waals surface area contributed by atoms with Gasteiger partial charge in [0.15, 0.2) is 11.5 Å². The summed E-state index contributed by atoms with van der Waals surface area (Å²) in [7, 11) is 4.94. The van der Waals surface area contributed by atoms with Gasteiger partial charge < -0.3 is 25.3 Å². The molecular weight excluding hydrogens is 372 g/mol. The van der Waals surface area contributed by atoms with Gasteiger partial charge in [0.25, 0.3) is 5.91 Å². The van der Waals surface area contributed by atoms with Crippen LogP contribution in [0.1, 0.15) is 21.5 Å². The number of aromatic nitrogens is 2. The van der Waals surface area contributed by atoms with Crippen molar-refractivity contribution in [1.82, 2.24) is 15.1 Å². The van der Waals surface area contributed by atoms with Crippen molar-refractivity contribution < 1.29 is 19.0 Å². The third kappa shape index (κ3) is 4.67. The van der Waals surface area contributed by atoms with Crippen molar-refractivity contribution in [2.45, 2.75) is 13.1 Å². The van der Waals surface area contributed by atoms with Gasteiger partial charge in [0.05, 0.1) is 26.0 Å². The highest BCUT2D eigenvalue weighted by Gasteiger charge is 2.15. The van der Waals surface area contributed by atoms with Gasteiger partial charge in [-0.05, 0) is 30.3 Å². The van der Waals surface area contributed by atoms with E-state index in [1.54, 1.807) is 49.4 Å². The molecule has 1 heterocycles. The summed E-state index contributed by atoms with van der Waals surface area (Å²) >= 11 is 0. The average Bonchev–Trinajstić information content (AvgIpc) is 3.16. The van der Waals surface area contributed by atoms with E-state index in [1.807, 2.05) is 25.4 Å². The zero-order chi connectivity index (χ0) is 20.8. The van der Waals surface area contributed by atoms with Gasteiger partial charge in [-0.2, -0.15) is 5.10 Å². The first-order chi connectivity index (χ1) is 14.0. The maximum Gasteiger partial charge on any atom is 0.251 e. The Morgan fingerprint density at radius 3 is 2.52 bits per heavy atom. The SMILES string of the molecule is COc1ccc(C(=O)NCc2cnn(C)c2)cc1Oc1cccc(OC)c1CN. The second-order valence-electron chi connectivity index (χ2n) is 6.31. The summed E-state index contributed by atoms with van der Waals surface area (Å²) in [6.07, 6.45) is 3.56. The van der Waals surface area contributed by atoms with E-state index in [9.17, 15) is 4.79 Å². The molecule has 8 heteroatoms. The molecule has 0 spiro atoms. The molecule has 0 aliphatic heterocycles. The molecule has 0 atom stereocenters. The summed E-state index contributed by atoms with van der Waals surface area (Å²) in [6.45, 7) is 0.620. The van der Waals surface area contributed by atoms with Crippen LogP contribution in [0.25, 0.3) is 0 Å².